The molecule has 2 rings (SSSR count). The van der Waals surface area contributed by atoms with E-state index >= 15 is 0 Å². The van der Waals surface area contributed by atoms with E-state index in [1.807, 2.05) is 0 Å². The quantitative estimate of drug-likeness (QED) is 0.599. The average molecular weight is 322 g/mol. The van der Waals surface area contributed by atoms with Gasteiger partial charge < -0.3 is 18.9 Å². The van der Waals surface area contributed by atoms with Crippen molar-refractivity contribution in [1.82, 2.24) is 0 Å². The molecule has 124 valence electrons. The van der Waals surface area contributed by atoms with Crippen molar-refractivity contribution in [2.45, 2.75) is 38.8 Å². The molecular formula is C16H18O7. The first-order chi connectivity index (χ1) is 11.0. The van der Waals surface area contributed by atoms with Crippen LogP contribution in [-0.2, 0) is 28.5 Å². The topological polar surface area (TPSA) is 88.1 Å². The minimum Gasteiger partial charge on any atom is -0.459 e. The first-order valence-corrected chi connectivity index (χ1v) is 7.17. The summed E-state index contributed by atoms with van der Waals surface area (Å²) in [5.74, 6) is -1.49. The molecule has 0 N–H and O–H groups in total. The molecule has 7 heteroatoms. The van der Waals surface area contributed by atoms with Crippen LogP contribution in [0.1, 0.15) is 30.6 Å². The minimum atomic E-state index is -0.822. The van der Waals surface area contributed by atoms with Gasteiger partial charge in [0, 0.05) is 13.8 Å². The van der Waals surface area contributed by atoms with Gasteiger partial charge in [0.15, 0.2) is 0 Å². The number of hydrogen-bond donors (Lipinski definition) is 0. The Labute approximate surface area is 133 Å². The van der Waals surface area contributed by atoms with E-state index < -0.39 is 36.4 Å². The van der Waals surface area contributed by atoms with Gasteiger partial charge in [-0.05, 0) is 12.1 Å². The number of carbonyl (C=O) groups is 3. The van der Waals surface area contributed by atoms with E-state index in [0.29, 0.717) is 5.56 Å². The van der Waals surface area contributed by atoms with Gasteiger partial charge in [0.05, 0.1) is 12.0 Å². The fourth-order valence-corrected chi connectivity index (χ4v) is 2.24. The monoisotopic (exact) mass is 322 g/mol. The van der Waals surface area contributed by atoms with Crippen LogP contribution in [0.25, 0.3) is 0 Å². The molecule has 23 heavy (non-hydrogen) atoms. The fraction of sp³-hybridized carbons (Fsp3) is 0.438. The standard InChI is InChI=1S/C16H18O7/c1-10(17)21-13-8-15(22-11(2)18)23-14(13)9-20-16(19)12-6-4-3-5-7-12/h3-7,13-15H,8-9H2,1-2H3/t13-,14-,15?/m0/s1. The van der Waals surface area contributed by atoms with Crippen LogP contribution in [0.4, 0.5) is 0 Å². The van der Waals surface area contributed by atoms with Gasteiger partial charge >= 0.3 is 17.9 Å². The lowest BCUT2D eigenvalue weighted by atomic mass is 10.2. The predicted octanol–water partition coefficient (Wildman–Crippen LogP) is 1.45. The molecule has 1 aromatic rings. The number of esters is 3. The van der Waals surface area contributed by atoms with Gasteiger partial charge in [0.1, 0.15) is 18.8 Å². The van der Waals surface area contributed by atoms with E-state index in [4.69, 9.17) is 18.9 Å². The second kappa shape index (κ2) is 7.73. The third-order valence-corrected chi connectivity index (χ3v) is 3.17. The Bertz CT molecular complexity index is 569. The lowest BCUT2D eigenvalue weighted by molar-refractivity contribution is -0.176. The zero-order chi connectivity index (χ0) is 16.8. The van der Waals surface area contributed by atoms with Crippen LogP contribution in [-0.4, -0.2) is 43.0 Å². The van der Waals surface area contributed by atoms with Gasteiger partial charge in [-0.1, -0.05) is 18.2 Å². The maximum absolute atomic E-state index is 11.9. The molecule has 7 nitrogen and oxygen atoms in total. The SMILES string of the molecule is CC(=O)OC1C[C@H](OC(C)=O)[C@H](COC(=O)c2ccccc2)O1. The van der Waals surface area contributed by atoms with Crippen molar-refractivity contribution < 1.29 is 33.3 Å². The Balaban J connectivity index is 1.93. The van der Waals surface area contributed by atoms with Crippen molar-refractivity contribution in [3.8, 4) is 0 Å². The summed E-state index contributed by atoms with van der Waals surface area (Å²) in [6.45, 7) is 2.42. The number of rotatable bonds is 5. The van der Waals surface area contributed by atoms with Gasteiger partial charge in [-0.25, -0.2) is 4.79 Å². The Morgan fingerprint density at radius 1 is 1.09 bits per heavy atom. The third kappa shape index (κ3) is 5.07. The molecule has 1 heterocycles. The highest BCUT2D eigenvalue weighted by atomic mass is 16.7. The fourth-order valence-electron chi connectivity index (χ4n) is 2.24. The number of benzene rings is 1. The second-order valence-corrected chi connectivity index (χ2v) is 5.06. The normalized spacial score (nSPS) is 23.1. The van der Waals surface area contributed by atoms with Crippen molar-refractivity contribution in [2.24, 2.45) is 0 Å². The third-order valence-electron chi connectivity index (χ3n) is 3.17. The molecule has 0 saturated carbocycles. The summed E-state index contributed by atoms with van der Waals surface area (Å²) in [7, 11) is 0. The van der Waals surface area contributed by atoms with E-state index in [0.717, 1.165) is 0 Å². The maximum Gasteiger partial charge on any atom is 0.338 e. The first-order valence-electron chi connectivity index (χ1n) is 7.17. The summed E-state index contributed by atoms with van der Waals surface area (Å²) in [4.78, 5) is 34.1. The molecule has 1 unspecified atom stereocenters. The number of ether oxygens (including phenoxy) is 4. The molecule has 1 aromatic carbocycles. The number of carbonyl (C=O) groups excluding carboxylic acids is 3. The van der Waals surface area contributed by atoms with E-state index in [-0.39, 0.29) is 13.0 Å². The van der Waals surface area contributed by atoms with Crippen molar-refractivity contribution in [3.05, 3.63) is 35.9 Å². The molecular weight excluding hydrogens is 304 g/mol. The molecule has 1 aliphatic rings. The summed E-state index contributed by atoms with van der Waals surface area (Å²) in [5.41, 5.74) is 0.408. The van der Waals surface area contributed by atoms with Crippen LogP contribution in [0.2, 0.25) is 0 Å². The Hall–Kier alpha value is -2.41. The maximum atomic E-state index is 11.9. The highest BCUT2D eigenvalue weighted by Gasteiger charge is 2.40. The summed E-state index contributed by atoms with van der Waals surface area (Å²) in [6.07, 6.45) is -1.94. The summed E-state index contributed by atoms with van der Waals surface area (Å²) in [6, 6.07) is 8.49. The van der Waals surface area contributed by atoms with Crippen LogP contribution in [0.5, 0.6) is 0 Å². The van der Waals surface area contributed by atoms with Crippen LogP contribution in [0.15, 0.2) is 30.3 Å². The van der Waals surface area contributed by atoms with Crippen molar-refractivity contribution in [3.63, 3.8) is 0 Å². The summed E-state index contributed by atoms with van der Waals surface area (Å²) in [5, 5.41) is 0. The molecule has 0 spiro atoms. The summed E-state index contributed by atoms with van der Waals surface area (Å²) >= 11 is 0. The minimum absolute atomic E-state index is 0.108. The van der Waals surface area contributed by atoms with Gasteiger partial charge in [-0.3, -0.25) is 9.59 Å². The van der Waals surface area contributed by atoms with E-state index in [1.165, 1.54) is 13.8 Å². The van der Waals surface area contributed by atoms with Crippen LogP contribution in [0.3, 0.4) is 0 Å². The van der Waals surface area contributed by atoms with E-state index in [9.17, 15) is 14.4 Å². The zero-order valence-corrected chi connectivity index (χ0v) is 12.9. The van der Waals surface area contributed by atoms with Gasteiger partial charge in [0.25, 0.3) is 0 Å². The molecule has 1 saturated heterocycles. The Morgan fingerprint density at radius 2 is 1.74 bits per heavy atom. The molecule has 1 fully saturated rings. The molecule has 0 aromatic heterocycles. The van der Waals surface area contributed by atoms with Gasteiger partial charge in [-0.15, -0.1) is 0 Å². The largest absolute Gasteiger partial charge is 0.459 e. The van der Waals surface area contributed by atoms with Crippen molar-refractivity contribution >= 4 is 17.9 Å². The highest BCUT2D eigenvalue weighted by molar-refractivity contribution is 5.89. The van der Waals surface area contributed by atoms with E-state index in [2.05, 4.69) is 0 Å². The first kappa shape index (κ1) is 17.0. The van der Waals surface area contributed by atoms with E-state index in [1.54, 1.807) is 30.3 Å². The smallest absolute Gasteiger partial charge is 0.338 e. The second-order valence-electron chi connectivity index (χ2n) is 5.06. The molecule has 0 radical (unpaired) electrons. The molecule has 3 atom stereocenters. The Kier molecular flexibility index (Phi) is 5.70. The van der Waals surface area contributed by atoms with Crippen molar-refractivity contribution in [1.29, 1.82) is 0 Å². The summed E-state index contributed by atoms with van der Waals surface area (Å²) < 4.78 is 20.7. The highest BCUT2D eigenvalue weighted by Crippen LogP contribution is 2.25. The van der Waals surface area contributed by atoms with Crippen LogP contribution >= 0.6 is 0 Å². The molecule has 0 aliphatic carbocycles. The number of hydrogen-bond acceptors (Lipinski definition) is 7. The zero-order valence-electron chi connectivity index (χ0n) is 12.9. The molecule has 0 bridgehead atoms. The van der Waals surface area contributed by atoms with Gasteiger partial charge in [-0.2, -0.15) is 0 Å². The lowest BCUT2D eigenvalue weighted by Gasteiger charge is -2.17. The van der Waals surface area contributed by atoms with Gasteiger partial charge in [0.2, 0.25) is 6.29 Å². The van der Waals surface area contributed by atoms with Crippen LogP contribution in [0, 0.1) is 0 Å². The molecule has 1 aliphatic heterocycles. The van der Waals surface area contributed by atoms with Crippen molar-refractivity contribution in [2.75, 3.05) is 6.61 Å². The van der Waals surface area contributed by atoms with Crippen LogP contribution < -0.4 is 0 Å². The predicted molar refractivity (Wildman–Crippen MR) is 77.3 cm³/mol. The Morgan fingerprint density at radius 3 is 2.35 bits per heavy atom. The average Bonchev–Trinajstić information content (AvgIpc) is 2.85. The molecule has 0 amide bonds. The lowest BCUT2D eigenvalue weighted by Crippen LogP contribution is -2.31.